The average Bonchev–Trinajstić information content (AvgIpc) is 2.22. The molecule has 0 spiro atoms. The van der Waals surface area contributed by atoms with Gasteiger partial charge in [-0.1, -0.05) is 13.8 Å². The van der Waals surface area contributed by atoms with Crippen LogP contribution in [0.1, 0.15) is 40.0 Å². The van der Waals surface area contributed by atoms with Crippen molar-refractivity contribution in [1.82, 2.24) is 5.32 Å². The molecule has 1 aliphatic carbocycles. The molecule has 0 saturated heterocycles. The average molecular weight is 262 g/mol. The molecule has 0 radical (unpaired) electrons. The van der Waals surface area contributed by atoms with Crippen molar-refractivity contribution in [2.24, 2.45) is 11.8 Å². The quantitative estimate of drug-likeness (QED) is 0.716. The van der Waals surface area contributed by atoms with Crippen molar-refractivity contribution >= 4 is 17.5 Å². The number of nitrogens with one attached hydrogen (secondary N) is 1. The van der Waals surface area contributed by atoms with E-state index in [0.29, 0.717) is 30.2 Å². The number of hydrogen-bond donors (Lipinski definition) is 1. The summed E-state index contributed by atoms with van der Waals surface area (Å²) in [5.41, 5.74) is 0. The molecule has 0 aromatic rings. The zero-order valence-corrected chi connectivity index (χ0v) is 11.8. The first-order chi connectivity index (χ1) is 8.06. The van der Waals surface area contributed by atoms with Crippen LogP contribution >= 0.6 is 11.6 Å². The lowest BCUT2D eigenvalue weighted by Crippen LogP contribution is -2.42. The lowest BCUT2D eigenvalue weighted by atomic mass is 9.80. The van der Waals surface area contributed by atoms with Crippen LogP contribution in [-0.4, -0.2) is 30.5 Å². The van der Waals surface area contributed by atoms with Crippen LogP contribution in [0.25, 0.3) is 0 Å². The summed E-state index contributed by atoms with van der Waals surface area (Å²) in [4.78, 5) is 11.8. The predicted molar refractivity (Wildman–Crippen MR) is 70.2 cm³/mol. The van der Waals surface area contributed by atoms with Crippen LogP contribution in [0.15, 0.2) is 0 Å². The van der Waals surface area contributed by atoms with E-state index in [1.165, 1.54) is 0 Å². The van der Waals surface area contributed by atoms with Crippen LogP contribution in [-0.2, 0) is 9.53 Å². The maximum atomic E-state index is 11.8. The normalized spacial score (nSPS) is 25.5. The van der Waals surface area contributed by atoms with E-state index in [-0.39, 0.29) is 11.9 Å². The lowest BCUT2D eigenvalue weighted by molar-refractivity contribution is -0.125. The van der Waals surface area contributed by atoms with E-state index in [0.717, 1.165) is 19.4 Å². The standard InChI is InChI=1S/C13H24ClNO2/c1-4-17-11-5-10(6-11)7-13(16)15-12(8-14)9(2)3/h9-12H,4-8H2,1-3H3,(H,15,16). The molecule has 100 valence electrons. The Hall–Kier alpha value is -0.280. The van der Waals surface area contributed by atoms with E-state index in [1.54, 1.807) is 0 Å². The zero-order chi connectivity index (χ0) is 12.8. The highest BCUT2D eigenvalue weighted by Crippen LogP contribution is 2.32. The summed E-state index contributed by atoms with van der Waals surface area (Å²) in [5, 5.41) is 3.00. The van der Waals surface area contributed by atoms with E-state index < -0.39 is 0 Å². The highest BCUT2D eigenvalue weighted by molar-refractivity contribution is 6.18. The van der Waals surface area contributed by atoms with Crippen molar-refractivity contribution in [1.29, 1.82) is 0 Å². The van der Waals surface area contributed by atoms with Gasteiger partial charge in [-0.2, -0.15) is 0 Å². The fourth-order valence-electron chi connectivity index (χ4n) is 2.12. The second-order valence-electron chi connectivity index (χ2n) is 5.19. The van der Waals surface area contributed by atoms with Gasteiger partial charge in [0.2, 0.25) is 5.91 Å². The number of ether oxygens (including phenoxy) is 1. The van der Waals surface area contributed by atoms with Crippen molar-refractivity contribution in [3.05, 3.63) is 0 Å². The van der Waals surface area contributed by atoms with Crippen LogP contribution in [0.2, 0.25) is 0 Å². The molecule has 17 heavy (non-hydrogen) atoms. The van der Waals surface area contributed by atoms with Crippen molar-refractivity contribution < 1.29 is 9.53 Å². The first kappa shape index (κ1) is 14.8. The largest absolute Gasteiger partial charge is 0.378 e. The van der Waals surface area contributed by atoms with Gasteiger partial charge in [0.1, 0.15) is 0 Å². The predicted octanol–water partition coefficient (Wildman–Crippen LogP) is 2.57. The van der Waals surface area contributed by atoms with Gasteiger partial charge in [0.25, 0.3) is 0 Å². The molecule has 0 aromatic carbocycles. The van der Waals surface area contributed by atoms with Crippen molar-refractivity contribution in [3.63, 3.8) is 0 Å². The number of halogens is 1. The molecular formula is C13H24ClNO2. The minimum atomic E-state index is 0.0898. The maximum Gasteiger partial charge on any atom is 0.220 e. The Labute approximate surface area is 109 Å². The summed E-state index contributed by atoms with van der Waals surface area (Å²) in [6, 6.07) is 0.0898. The van der Waals surface area contributed by atoms with E-state index in [4.69, 9.17) is 16.3 Å². The highest BCUT2D eigenvalue weighted by atomic mass is 35.5. The number of carbonyl (C=O) groups excluding carboxylic acids is 1. The summed E-state index contributed by atoms with van der Waals surface area (Å²) in [6.45, 7) is 6.92. The van der Waals surface area contributed by atoms with Gasteiger partial charge in [-0.05, 0) is 31.6 Å². The number of hydrogen-bond acceptors (Lipinski definition) is 2. The molecular weight excluding hydrogens is 238 g/mol. The highest BCUT2D eigenvalue weighted by Gasteiger charge is 2.31. The number of amides is 1. The monoisotopic (exact) mass is 261 g/mol. The van der Waals surface area contributed by atoms with Crippen LogP contribution in [0.3, 0.4) is 0 Å². The van der Waals surface area contributed by atoms with Gasteiger partial charge < -0.3 is 10.1 Å². The van der Waals surface area contributed by atoms with Crippen LogP contribution in [0.5, 0.6) is 0 Å². The van der Waals surface area contributed by atoms with Gasteiger partial charge >= 0.3 is 0 Å². The Morgan fingerprint density at radius 3 is 2.59 bits per heavy atom. The molecule has 0 aromatic heterocycles. The van der Waals surface area contributed by atoms with Gasteiger partial charge in [-0.3, -0.25) is 4.79 Å². The molecule has 1 saturated carbocycles. The third-order valence-electron chi connectivity index (χ3n) is 3.39. The molecule has 0 aliphatic heterocycles. The van der Waals surface area contributed by atoms with E-state index >= 15 is 0 Å². The molecule has 1 atom stereocenters. The smallest absolute Gasteiger partial charge is 0.220 e. The zero-order valence-electron chi connectivity index (χ0n) is 11.0. The minimum Gasteiger partial charge on any atom is -0.378 e. The Bertz CT molecular complexity index is 240. The second kappa shape index (κ2) is 7.22. The molecule has 1 N–H and O–H groups in total. The topological polar surface area (TPSA) is 38.3 Å². The van der Waals surface area contributed by atoms with E-state index in [2.05, 4.69) is 19.2 Å². The SMILES string of the molecule is CCOC1CC(CC(=O)NC(CCl)C(C)C)C1. The van der Waals surface area contributed by atoms with Crippen LogP contribution in [0.4, 0.5) is 0 Å². The van der Waals surface area contributed by atoms with Gasteiger partial charge in [-0.15, -0.1) is 11.6 Å². The van der Waals surface area contributed by atoms with Crippen LogP contribution in [0, 0.1) is 11.8 Å². The van der Waals surface area contributed by atoms with Crippen molar-refractivity contribution in [2.45, 2.75) is 52.2 Å². The molecule has 1 aliphatic rings. The molecule has 4 heteroatoms. The fraction of sp³-hybridized carbons (Fsp3) is 0.923. The van der Waals surface area contributed by atoms with Gasteiger partial charge in [0, 0.05) is 24.9 Å². The first-order valence-electron chi connectivity index (χ1n) is 6.53. The number of carbonyl (C=O) groups is 1. The molecule has 1 unspecified atom stereocenters. The molecule has 0 heterocycles. The molecule has 1 amide bonds. The third kappa shape index (κ3) is 4.84. The van der Waals surface area contributed by atoms with Gasteiger partial charge in [0.15, 0.2) is 0 Å². The van der Waals surface area contributed by atoms with E-state index in [1.807, 2.05) is 6.92 Å². The summed E-state index contributed by atoms with van der Waals surface area (Å²) < 4.78 is 5.48. The minimum absolute atomic E-state index is 0.0898. The molecule has 3 nitrogen and oxygen atoms in total. The summed E-state index contributed by atoms with van der Waals surface area (Å²) >= 11 is 5.82. The number of rotatable bonds is 7. The summed E-state index contributed by atoms with van der Waals surface area (Å²) in [6.07, 6.45) is 3.04. The fourth-order valence-corrected chi connectivity index (χ4v) is 2.56. The molecule has 0 bridgehead atoms. The Kier molecular flexibility index (Phi) is 6.28. The van der Waals surface area contributed by atoms with E-state index in [9.17, 15) is 4.79 Å². The maximum absolute atomic E-state index is 11.8. The second-order valence-corrected chi connectivity index (χ2v) is 5.50. The van der Waals surface area contributed by atoms with Gasteiger partial charge in [-0.25, -0.2) is 0 Å². The Balaban J connectivity index is 2.18. The summed E-state index contributed by atoms with van der Waals surface area (Å²) in [7, 11) is 0. The Morgan fingerprint density at radius 1 is 1.47 bits per heavy atom. The first-order valence-corrected chi connectivity index (χ1v) is 7.07. The van der Waals surface area contributed by atoms with Gasteiger partial charge in [0.05, 0.1) is 6.10 Å². The lowest BCUT2D eigenvalue weighted by Gasteiger charge is -2.34. The summed E-state index contributed by atoms with van der Waals surface area (Å²) in [5.74, 6) is 1.49. The molecule has 1 rings (SSSR count). The van der Waals surface area contributed by atoms with Crippen molar-refractivity contribution in [2.75, 3.05) is 12.5 Å². The van der Waals surface area contributed by atoms with Crippen LogP contribution < -0.4 is 5.32 Å². The van der Waals surface area contributed by atoms with Crippen molar-refractivity contribution in [3.8, 4) is 0 Å². The number of alkyl halides is 1. The Morgan fingerprint density at radius 2 is 2.12 bits per heavy atom. The third-order valence-corrected chi connectivity index (χ3v) is 3.72. The molecule has 1 fully saturated rings.